The molecular formula is C22H30N4O3S. The van der Waals surface area contributed by atoms with Gasteiger partial charge in [0, 0.05) is 32.4 Å². The second-order valence-corrected chi connectivity index (χ2v) is 9.81. The molecule has 2 aromatic carbocycles. The van der Waals surface area contributed by atoms with Gasteiger partial charge in [-0.1, -0.05) is 18.2 Å². The number of hydrogen-bond donors (Lipinski definition) is 2. The van der Waals surface area contributed by atoms with E-state index in [0.29, 0.717) is 12.2 Å². The molecule has 3 rings (SSSR count). The fraction of sp³-hybridized carbons (Fsp3) is 0.409. The Labute approximate surface area is 179 Å². The summed E-state index contributed by atoms with van der Waals surface area (Å²) in [5.74, 6) is -0.0435. The fourth-order valence-corrected chi connectivity index (χ4v) is 4.64. The van der Waals surface area contributed by atoms with Crippen molar-refractivity contribution < 1.29 is 13.2 Å². The first-order valence-electron chi connectivity index (χ1n) is 10.2. The van der Waals surface area contributed by atoms with Gasteiger partial charge in [-0.15, -0.1) is 0 Å². The molecule has 1 aliphatic rings. The molecular weight excluding hydrogens is 400 g/mol. The molecule has 1 heterocycles. The molecule has 0 fully saturated rings. The van der Waals surface area contributed by atoms with E-state index in [1.807, 2.05) is 30.0 Å². The molecule has 0 saturated heterocycles. The zero-order valence-electron chi connectivity index (χ0n) is 18.0. The van der Waals surface area contributed by atoms with Crippen LogP contribution >= 0.6 is 0 Å². The standard InChI is InChI=1S/C22H30N4O3S/c1-5-23-19-13-12-18(30(28,29)25(3)4)14-20(19)24-15-22(27)26-16(2)10-11-17-8-6-7-9-21(17)26/h6-9,12-14,16,23-24H,5,10-11,15H2,1-4H3. The number of carbonyl (C=O) groups is 1. The van der Waals surface area contributed by atoms with Crippen molar-refractivity contribution in [1.82, 2.24) is 4.31 Å². The van der Waals surface area contributed by atoms with Crippen molar-refractivity contribution in [2.45, 2.75) is 37.6 Å². The van der Waals surface area contributed by atoms with E-state index in [2.05, 4.69) is 23.6 Å². The second-order valence-electron chi connectivity index (χ2n) is 7.66. The van der Waals surface area contributed by atoms with E-state index >= 15 is 0 Å². The molecule has 1 atom stereocenters. The maximum atomic E-state index is 13.1. The minimum absolute atomic E-state index is 0.0435. The number of aryl methyl sites for hydroxylation is 1. The number of anilines is 3. The van der Waals surface area contributed by atoms with Crippen LogP contribution in [0.25, 0.3) is 0 Å². The largest absolute Gasteiger partial charge is 0.384 e. The van der Waals surface area contributed by atoms with E-state index in [1.54, 1.807) is 18.2 Å². The van der Waals surface area contributed by atoms with Crippen LogP contribution in [0.2, 0.25) is 0 Å². The summed E-state index contributed by atoms with van der Waals surface area (Å²) < 4.78 is 26.2. The molecule has 1 unspecified atom stereocenters. The van der Waals surface area contributed by atoms with Gasteiger partial charge in [-0.25, -0.2) is 12.7 Å². The third-order valence-electron chi connectivity index (χ3n) is 5.36. The maximum absolute atomic E-state index is 13.1. The average molecular weight is 431 g/mol. The summed E-state index contributed by atoms with van der Waals surface area (Å²) in [5, 5.41) is 6.38. The van der Waals surface area contributed by atoms with E-state index in [0.717, 1.165) is 24.2 Å². The third kappa shape index (κ3) is 4.44. The number of fused-ring (bicyclic) bond motifs is 1. The monoisotopic (exact) mass is 430 g/mol. The van der Waals surface area contributed by atoms with Gasteiger partial charge in [-0.2, -0.15) is 0 Å². The highest BCUT2D eigenvalue weighted by atomic mass is 32.2. The van der Waals surface area contributed by atoms with Crippen molar-refractivity contribution in [3.63, 3.8) is 0 Å². The lowest BCUT2D eigenvalue weighted by Crippen LogP contribution is -2.44. The predicted octanol–water partition coefficient (Wildman–Crippen LogP) is 3.15. The molecule has 0 aliphatic carbocycles. The van der Waals surface area contributed by atoms with E-state index < -0.39 is 10.0 Å². The van der Waals surface area contributed by atoms with E-state index in [1.165, 1.54) is 24.0 Å². The van der Waals surface area contributed by atoms with Crippen molar-refractivity contribution in [3.05, 3.63) is 48.0 Å². The lowest BCUT2D eigenvalue weighted by molar-refractivity contribution is -0.117. The molecule has 8 heteroatoms. The highest BCUT2D eigenvalue weighted by Crippen LogP contribution is 2.31. The van der Waals surface area contributed by atoms with Crippen LogP contribution in [0.1, 0.15) is 25.8 Å². The molecule has 1 aliphatic heterocycles. The van der Waals surface area contributed by atoms with Gasteiger partial charge < -0.3 is 15.5 Å². The van der Waals surface area contributed by atoms with Crippen LogP contribution in [-0.4, -0.2) is 51.9 Å². The summed E-state index contributed by atoms with van der Waals surface area (Å²) >= 11 is 0. The molecule has 162 valence electrons. The van der Waals surface area contributed by atoms with E-state index in [9.17, 15) is 13.2 Å². The average Bonchev–Trinajstić information content (AvgIpc) is 2.72. The number of amides is 1. The van der Waals surface area contributed by atoms with Gasteiger partial charge in [0.1, 0.15) is 0 Å². The number of benzene rings is 2. The predicted molar refractivity (Wildman–Crippen MR) is 122 cm³/mol. The number of hydrogen-bond acceptors (Lipinski definition) is 5. The smallest absolute Gasteiger partial charge is 0.246 e. The minimum Gasteiger partial charge on any atom is -0.384 e. The number of rotatable bonds is 7. The van der Waals surface area contributed by atoms with Crippen LogP contribution in [0.4, 0.5) is 17.1 Å². The first-order valence-corrected chi connectivity index (χ1v) is 11.6. The highest BCUT2D eigenvalue weighted by molar-refractivity contribution is 7.89. The number of para-hydroxylation sites is 1. The molecule has 0 bridgehead atoms. The quantitative estimate of drug-likeness (QED) is 0.705. The first-order chi connectivity index (χ1) is 14.3. The molecule has 2 N–H and O–H groups in total. The van der Waals surface area contributed by atoms with Crippen molar-refractivity contribution in [1.29, 1.82) is 0 Å². The summed E-state index contributed by atoms with van der Waals surface area (Å²) in [6.45, 7) is 4.77. The number of sulfonamides is 1. The lowest BCUT2D eigenvalue weighted by atomic mass is 9.96. The summed E-state index contributed by atoms with van der Waals surface area (Å²) in [4.78, 5) is 15.1. The molecule has 7 nitrogen and oxygen atoms in total. The van der Waals surface area contributed by atoms with E-state index in [4.69, 9.17) is 0 Å². The van der Waals surface area contributed by atoms with Crippen LogP contribution in [0.15, 0.2) is 47.4 Å². The SMILES string of the molecule is CCNc1ccc(S(=O)(=O)N(C)C)cc1NCC(=O)N1c2ccccc2CCC1C. The third-order valence-corrected chi connectivity index (χ3v) is 7.17. The van der Waals surface area contributed by atoms with E-state index in [-0.39, 0.29) is 23.4 Å². The Morgan fingerprint density at radius 1 is 1.13 bits per heavy atom. The summed E-state index contributed by atoms with van der Waals surface area (Å²) in [6, 6.07) is 13.0. The number of nitrogens with zero attached hydrogens (tertiary/aromatic N) is 2. The topological polar surface area (TPSA) is 81.8 Å². The Balaban J connectivity index is 1.85. The Kier molecular flexibility index (Phi) is 6.67. The molecule has 0 saturated carbocycles. The summed E-state index contributed by atoms with van der Waals surface area (Å²) in [7, 11) is -0.570. The van der Waals surface area contributed by atoms with Crippen LogP contribution in [0.3, 0.4) is 0 Å². The van der Waals surface area contributed by atoms with Crippen molar-refractivity contribution >= 4 is 33.0 Å². The van der Waals surface area contributed by atoms with Gasteiger partial charge in [0.15, 0.2) is 0 Å². The first kappa shape index (κ1) is 22.1. The molecule has 0 spiro atoms. The maximum Gasteiger partial charge on any atom is 0.246 e. The molecule has 1 amide bonds. The van der Waals surface area contributed by atoms with Gasteiger partial charge >= 0.3 is 0 Å². The Bertz CT molecular complexity index is 1020. The normalized spacial score (nSPS) is 16.3. The number of nitrogens with one attached hydrogen (secondary N) is 2. The molecule has 2 aromatic rings. The minimum atomic E-state index is -3.57. The number of carbonyl (C=O) groups excluding carboxylic acids is 1. The zero-order valence-corrected chi connectivity index (χ0v) is 18.8. The van der Waals surface area contributed by atoms with Crippen molar-refractivity contribution in [3.8, 4) is 0 Å². The fourth-order valence-electron chi connectivity index (χ4n) is 3.71. The van der Waals surface area contributed by atoms with Gasteiger partial charge in [0.2, 0.25) is 15.9 Å². The molecule has 30 heavy (non-hydrogen) atoms. The highest BCUT2D eigenvalue weighted by Gasteiger charge is 2.28. The Morgan fingerprint density at radius 3 is 2.57 bits per heavy atom. The lowest BCUT2D eigenvalue weighted by Gasteiger charge is -2.35. The van der Waals surface area contributed by atoms with Gasteiger partial charge in [-0.05, 0) is 56.5 Å². The Hall–Kier alpha value is -2.58. The summed E-state index contributed by atoms with van der Waals surface area (Å²) in [5.41, 5.74) is 3.48. The van der Waals surface area contributed by atoms with Crippen LogP contribution in [-0.2, 0) is 21.2 Å². The van der Waals surface area contributed by atoms with Crippen LogP contribution in [0.5, 0.6) is 0 Å². The molecule has 0 aromatic heterocycles. The van der Waals surface area contributed by atoms with Crippen LogP contribution in [0, 0.1) is 0 Å². The van der Waals surface area contributed by atoms with Crippen molar-refractivity contribution in [2.75, 3.05) is 42.7 Å². The van der Waals surface area contributed by atoms with Gasteiger partial charge in [0.25, 0.3) is 0 Å². The van der Waals surface area contributed by atoms with Gasteiger partial charge in [0.05, 0.1) is 22.8 Å². The van der Waals surface area contributed by atoms with Gasteiger partial charge in [-0.3, -0.25) is 4.79 Å². The molecule has 0 radical (unpaired) electrons. The van der Waals surface area contributed by atoms with Crippen LogP contribution < -0.4 is 15.5 Å². The summed E-state index contributed by atoms with van der Waals surface area (Å²) in [6.07, 6.45) is 1.88. The second kappa shape index (κ2) is 9.06. The zero-order chi connectivity index (χ0) is 21.9. The Morgan fingerprint density at radius 2 is 1.87 bits per heavy atom. The van der Waals surface area contributed by atoms with Crippen molar-refractivity contribution in [2.24, 2.45) is 0 Å².